The average Bonchev–Trinajstić information content (AvgIpc) is 2.46. The Kier molecular flexibility index (Phi) is 2.01. The second kappa shape index (κ2) is 3.16. The van der Waals surface area contributed by atoms with Gasteiger partial charge in [-0.3, -0.25) is 0 Å². The van der Waals surface area contributed by atoms with Gasteiger partial charge in [-0.25, -0.2) is 0 Å². The largest absolute Gasteiger partial charge is 0.122 e. The van der Waals surface area contributed by atoms with Crippen LogP contribution in [0.15, 0.2) is 42.5 Å². The van der Waals surface area contributed by atoms with E-state index in [1.165, 1.54) is 11.1 Å². The molecule has 0 aromatic carbocycles. The number of fused-ring (bicyclic) bond motifs is 1. The highest BCUT2D eigenvalue weighted by Gasteiger charge is 1.97. The standard InChI is InChI=1S/C11H9Cl/c12-8-9-4-6-10-2-1-3-11(10)7-5-9/h1-7H,8H2. The minimum absolute atomic E-state index is 0.581. The van der Waals surface area contributed by atoms with Gasteiger partial charge in [0.15, 0.2) is 0 Å². The van der Waals surface area contributed by atoms with E-state index in [4.69, 9.17) is 11.6 Å². The minimum Gasteiger partial charge on any atom is -0.122 e. The number of hydrogen-bond acceptors (Lipinski definition) is 0. The molecule has 2 aliphatic rings. The fraction of sp³-hybridized carbons (Fsp3) is 0.0909. The molecule has 0 atom stereocenters. The van der Waals surface area contributed by atoms with E-state index in [2.05, 4.69) is 42.5 Å². The van der Waals surface area contributed by atoms with Crippen LogP contribution in [0.2, 0.25) is 0 Å². The zero-order chi connectivity index (χ0) is 8.39. The third kappa shape index (κ3) is 1.30. The van der Waals surface area contributed by atoms with Crippen molar-refractivity contribution in [1.29, 1.82) is 0 Å². The monoisotopic (exact) mass is 176 g/mol. The summed E-state index contributed by atoms with van der Waals surface area (Å²) in [6.45, 7) is 0. The topological polar surface area (TPSA) is 0 Å². The van der Waals surface area contributed by atoms with Gasteiger partial charge in [-0.1, -0.05) is 42.5 Å². The molecule has 0 heterocycles. The molecule has 0 amide bonds. The first-order chi connectivity index (χ1) is 5.90. The van der Waals surface area contributed by atoms with Crippen LogP contribution in [0.5, 0.6) is 0 Å². The molecule has 0 N–H and O–H groups in total. The summed E-state index contributed by atoms with van der Waals surface area (Å²) in [5.41, 5.74) is 3.70. The van der Waals surface area contributed by atoms with E-state index in [9.17, 15) is 0 Å². The van der Waals surface area contributed by atoms with Crippen molar-refractivity contribution >= 4 is 11.6 Å². The average molecular weight is 177 g/mol. The summed E-state index contributed by atoms with van der Waals surface area (Å²) in [7, 11) is 0. The van der Waals surface area contributed by atoms with E-state index in [1.807, 2.05) is 0 Å². The van der Waals surface area contributed by atoms with Crippen molar-refractivity contribution in [2.45, 2.75) is 5.88 Å². The maximum Gasteiger partial charge on any atom is 0.0474 e. The molecule has 0 aromatic rings. The first-order valence-corrected chi connectivity index (χ1v) is 4.47. The molecule has 0 saturated carbocycles. The summed E-state index contributed by atoms with van der Waals surface area (Å²) in [6.07, 6.45) is 0. The Morgan fingerprint density at radius 2 is 1.42 bits per heavy atom. The van der Waals surface area contributed by atoms with Gasteiger partial charge < -0.3 is 0 Å². The highest BCUT2D eigenvalue weighted by atomic mass is 35.5. The smallest absolute Gasteiger partial charge is 0.0474 e. The summed E-state index contributed by atoms with van der Waals surface area (Å²) in [4.78, 5) is 0. The third-order valence-electron chi connectivity index (χ3n) is 1.99. The summed E-state index contributed by atoms with van der Waals surface area (Å²) in [5.74, 6) is 0.581. The molecule has 0 aromatic heterocycles. The van der Waals surface area contributed by atoms with Crippen LogP contribution in [0.25, 0.3) is 11.1 Å². The zero-order valence-electron chi connectivity index (χ0n) is 6.63. The summed E-state index contributed by atoms with van der Waals surface area (Å²) < 4.78 is 0. The lowest BCUT2D eigenvalue weighted by molar-refractivity contribution is 1.43. The molecule has 1 heteroatoms. The molecule has 0 aliphatic heterocycles. The third-order valence-corrected chi connectivity index (χ3v) is 2.30. The van der Waals surface area contributed by atoms with Gasteiger partial charge in [-0.15, -0.1) is 11.6 Å². The van der Waals surface area contributed by atoms with Crippen LogP contribution in [-0.4, -0.2) is 0 Å². The highest BCUT2D eigenvalue weighted by molar-refractivity contribution is 6.17. The summed E-state index contributed by atoms with van der Waals surface area (Å²) >= 11 is 5.72. The lowest BCUT2D eigenvalue weighted by Crippen LogP contribution is -1.66. The predicted octanol–water partition coefficient (Wildman–Crippen LogP) is 3.53. The molecule has 0 unspecified atom stereocenters. The van der Waals surface area contributed by atoms with Crippen molar-refractivity contribution in [3.05, 3.63) is 48.0 Å². The van der Waals surface area contributed by atoms with E-state index in [-0.39, 0.29) is 0 Å². The van der Waals surface area contributed by atoms with Crippen molar-refractivity contribution in [1.82, 2.24) is 0 Å². The molecule has 0 spiro atoms. The van der Waals surface area contributed by atoms with Crippen LogP contribution < -0.4 is 0 Å². The van der Waals surface area contributed by atoms with Crippen LogP contribution in [0.3, 0.4) is 0 Å². The molecule has 0 fully saturated rings. The van der Waals surface area contributed by atoms with Crippen LogP contribution in [-0.2, 0) is 5.88 Å². The fourth-order valence-corrected chi connectivity index (χ4v) is 1.47. The van der Waals surface area contributed by atoms with E-state index < -0.39 is 0 Å². The molecule has 2 rings (SSSR count). The van der Waals surface area contributed by atoms with Gasteiger partial charge in [-0.2, -0.15) is 0 Å². The van der Waals surface area contributed by atoms with E-state index in [0.29, 0.717) is 5.88 Å². The Morgan fingerprint density at radius 3 is 1.92 bits per heavy atom. The van der Waals surface area contributed by atoms with Crippen LogP contribution in [0.1, 0.15) is 5.56 Å². The van der Waals surface area contributed by atoms with Crippen LogP contribution >= 0.6 is 11.6 Å². The molecule has 0 radical (unpaired) electrons. The molecule has 0 saturated heterocycles. The predicted molar refractivity (Wildman–Crippen MR) is 52.6 cm³/mol. The summed E-state index contributed by atoms with van der Waals surface area (Å²) in [6, 6.07) is 14.6. The van der Waals surface area contributed by atoms with Gasteiger partial charge in [0.2, 0.25) is 0 Å². The normalized spacial score (nSPS) is 10.4. The van der Waals surface area contributed by atoms with Crippen molar-refractivity contribution in [3.8, 4) is 11.1 Å². The van der Waals surface area contributed by atoms with Gasteiger partial charge in [0.05, 0.1) is 0 Å². The van der Waals surface area contributed by atoms with Crippen molar-refractivity contribution in [2.75, 3.05) is 0 Å². The summed E-state index contributed by atoms with van der Waals surface area (Å²) in [5, 5.41) is 0. The quantitative estimate of drug-likeness (QED) is 0.584. The SMILES string of the molecule is ClCc1ccc2cccc-2cc1. The fourth-order valence-electron chi connectivity index (χ4n) is 1.29. The van der Waals surface area contributed by atoms with Crippen LogP contribution in [0, 0.1) is 0 Å². The van der Waals surface area contributed by atoms with E-state index in [1.54, 1.807) is 0 Å². The van der Waals surface area contributed by atoms with E-state index in [0.717, 1.165) is 5.56 Å². The first kappa shape index (κ1) is 7.63. The molecule has 0 nitrogen and oxygen atoms in total. The Labute approximate surface area is 77.1 Å². The molecule has 0 bridgehead atoms. The maximum atomic E-state index is 5.72. The molecule has 2 aliphatic carbocycles. The second-order valence-corrected chi connectivity index (χ2v) is 3.08. The van der Waals surface area contributed by atoms with E-state index >= 15 is 0 Å². The Balaban J connectivity index is 2.58. The second-order valence-electron chi connectivity index (χ2n) is 2.81. The highest BCUT2D eigenvalue weighted by Crippen LogP contribution is 2.21. The number of rotatable bonds is 1. The Morgan fingerprint density at radius 1 is 0.833 bits per heavy atom. The van der Waals surface area contributed by atoms with Gasteiger partial charge in [0.1, 0.15) is 0 Å². The number of hydrogen-bond donors (Lipinski definition) is 0. The Bertz CT molecular complexity index is 323. The molecule has 60 valence electrons. The van der Waals surface area contributed by atoms with Gasteiger partial charge >= 0.3 is 0 Å². The van der Waals surface area contributed by atoms with Gasteiger partial charge in [0.25, 0.3) is 0 Å². The number of halogens is 1. The maximum absolute atomic E-state index is 5.72. The first-order valence-electron chi connectivity index (χ1n) is 3.94. The minimum atomic E-state index is 0.581. The number of alkyl halides is 1. The lowest BCUT2D eigenvalue weighted by Gasteiger charge is -1.85. The molecule has 12 heavy (non-hydrogen) atoms. The Hall–Kier alpha value is -1.01. The zero-order valence-corrected chi connectivity index (χ0v) is 7.38. The van der Waals surface area contributed by atoms with Crippen molar-refractivity contribution in [2.24, 2.45) is 0 Å². The van der Waals surface area contributed by atoms with Crippen molar-refractivity contribution < 1.29 is 0 Å². The van der Waals surface area contributed by atoms with Crippen LogP contribution in [0.4, 0.5) is 0 Å². The van der Waals surface area contributed by atoms with Gasteiger partial charge in [0, 0.05) is 5.88 Å². The van der Waals surface area contributed by atoms with Gasteiger partial charge in [-0.05, 0) is 16.7 Å². The molecular weight excluding hydrogens is 168 g/mol. The van der Waals surface area contributed by atoms with Crippen molar-refractivity contribution in [3.63, 3.8) is 0 Å². The lowest BCUT2D eigenvalue weighted by atomic mass is 10.2. The molecular formula is C11H9Cl.